The van der Waals surface area contributed by atoms with Gasteiger partial charge in [-0.15, -0.1) is 0 Å². The van der Waals surface area contributed by atoms with Crippen molar-refractivity contribution in [2.24, 2.45) is 5.92 Å². The Morgan fingerprint density at radius 2 is 2.06 bits per heavy atom. The number of aliphatic carboxylic acids is 1. The van der Waals surface area contributed by atoms with Crippen LogP contribution in [0, 0.1) is 5.92 Å². The molecule has 98 valence electrons. The molecular formula is C14H25NO2. The van der Waals surface area contributed by atoms with Crippen molar-refractivity contribution in [3.63, 3.8) is 0 Å². The van der Waals surface area contributed by atoms with Crippen molar-refractivity contribution in [1.29, 1.82) is 0 Å². The Morgan fingerprint density at radius 1 is 1.41 bits per heavy atom. The second-order valence-corrected chi connectivity index (χ2v) is 5.36. The molecule has 0 aromatic rings. The highest BCUT2D eigenvalue weighted by Crippen LogP contribution is 2.24. The predicted molar refractivity (Wildman–Crippen MR) is 70.1 cm³/mol. The molecule has 0 atom stereocenters. The summed E-state index contributed by atoms with van der Waals surface area (Å²) in [6.07, 6.45) is 9.44. The second-order valence-electron chi connectivity index (χ2n) is 5.36. The van der Waals surface area contributed by atoms with E-state index >= 15 is 0 Å². The van der Waals surface area contributed by atoms with E-state index in [4.69, 9.17) is 5.11 Å². The second kappa shape index (κ2) is 7.49. The van der Waals surface area contributed by atoms with Crippen LogP contribution < -0.4 is 0 Å². The SMILES string of the molecule is CC(C)CCN(CC=CC(=O)O)C1CCCC1. The average molecular weight is 239 g/mol. The number of rotatable bonds is 7. The summed E-state index contributed by atoms with van der Waals surface area (Å²) in [5, 5.41) is 8.60. The molecule has 3 nitrogen and oxygen atoms in total. The number of hydrogen-bond acceptors (Lipinski definition) is 2. The summed E-state index contributed by atoms with van der Waals surface area (Å²) in [4.78, 5) is 12.9. The summed E-state index contributed by atoms with van der Waals surface area (Å²) in [5.74, 6) is -0.136. The fourth-order valence-electron chi connectivity index (χ4n) is 2.41. The highest BCUT2D eigenvalue weighted by atomic mass is 16.4. The topological polar surface area (TPSA) is 40.5 Å². The summed E-state index contributed by atoms with van der Waals surface area (Å²) in [7, 11) is 0. The van der Waals surface area contributed by atoms with Crippen molar-refractivity contribution < 1.29 is 9.90 Å². The van der Waals surface area contributed by atoms with Gasteiger partial charge >= 0.3 is 5.97 Å². The van der Waals surface area contributed by atoms with Crippen LogP contribution in [0.2, 0.25) is 0 Å². The average Bonchev–Trinajstić information content (AvgIpc) is 2.75. The molecule has 1 aliphatic carbocycles. The molecule has 0 aromatic heterocycles. The van der Waals surface area contributed by atoms with Crippen molar-refractivity contribution in [2.45, 2.75) is 52.0 Å². The molecule has 0 heterocycles. The third-order valence-corrected chi connectivity index (χ3v) is 3.44. The first-order chi connectivity index (χ1) is 8.09. The van der Waals surface area contributed by atoms with Crippen LogP contribution in [-0.4, -0.2) is 35.1 Å². The summed E-state index contributed by atoms with van der Waals surface area (Å²) in [6.45, 7) is 6.34. The Kier molecular flexibility index (Phi) is 6.27. The van der Waals surface area contributed by atoms with Crippen LogP contribution in [0.1, 0.15) is 46.0 Å². The maximum atomic E-state index is 10.5. The van der Waals surface area contributed by atoms with Crippen LogP contribution in [0.25, 0.3) is 0 Å². The molecule has 17 heavy (non-hydrogen) atoms. The maximum absolute atomic E-state index is 10.5. The maximum Gasteiger partial charge on any atom is 0.328 e. The first-order valence-corrected chi connectivity index (χ1v) is 6.73. The summed E-state index contributed by atoms with van der Waals surface area (Å²) in [5.41, 5.74) is 0. The van der Waals surface area contributed by atoms with Crippen LogP contribution in [-0.2, 0) is 4.79 Å². The van der Waals surface area contributed by atoms with Gasteiger partial charge in [-0.25, -0.2) is 4.79 Å². The summed E-state index contributed by atoms with van der Waals surface area (Å²) >= 11 is 0. The highest BCUT2D eigenvalue weighted by molar-refractivity contribution is 5.79. The lowest BCUT2D eigenvalue weighted by Crippen LogP contribution is -2.34. The van der Waals surface area contributed by atoms with Gasteiger partial charge in [0, 0.05) is 18.7 Å². The van der Waals surface area contributed by atoms with E-state index in [1.165, 1.54) is 38.2 Å². The van der Waals surface area contributed by atoms with Gasteiger partial charge in [-0.05, 0) is 31.7 Å². The van der Waals surface area contributed by atoms with E-state index in [0.29, 0.717) is 12.0 Å². The lowest BCUT2D eigenvalue weighted by atomic mass is 10.1. The lowest BCUT2D eigenvalue weighted by molar-refractivity contribution is -0.131. The molecule has 0 spiro atoms. The molecule has 0 bridgehead atoms. The van der Waals surface area contributed by atoms with Gasteiger partial charge in [0.2, 0.25) is 0 Å². The third-order valence-electron chi connectivity index (χ3n) is 3.44. The predicted octanol–water partition coefficient (Wildman–Crippen LogP) is 2.92. The zero-order chi connectivity index (χ0) is 12.7. The largest absolute Gasteiger partial charge is 0.478 e. The fraction of sp³-hybridized carbons (Fsp3) is 0.786. The van der Waals surface area contributed by atoms with E-state index in [0.717, 1.165) is 13.1 Å². The Labute approximate surface area is 105 Å². The molecule has 0 unspecified atom stereocenters. The van der Waals surface area contributed by atoms with Gasteiger partial charge in [0.05, 0.1) is 0 Å². The Balaban J connectivity index is 2.42. The van der Waals surface area contributed by atoms with Gasteiger partial charge in [-0.1, -0.05) is 32.8 Å². The van der Waals surface area contributed by atoms with E-state index in [2.05, 4.69) is 18.7 Å². The molecule has 1 saturated carbocycles. The first kappa shape index (κ1) is 14.2. The molecule has 0 aliphatic heterocycles. The van der Waals surface area contributed by atoms with Crippen LogP contribution in [0.15, 0.2) is 12.2 Å². The highest BCUT2D eigenvalue weighted by Gasteiger charge is 2.21. The van der Waals surface area contributed by atoms with Crippen molar-refractivity contribution >= 4 is 5.97 Å². The monoisotopic (exact) mass is 239 g/mol. The summed E-state index contributed by atoms with van der Waals surface area (Å²) < 4.78 is 0. The number of hydrogen-bond donors (Lipinski definition) is 1. The van der Waals surface area contributed by atoms with E-state index in [1.54, 1.807) is 6.08 Å². The zero-order valence-electron chi connectivity index (χ0n) is 11.1. The Hall–Kier alpha value is -0.830. The number of carboxylic acid groups (broad SMARTS) is 1. The molecular weight excluding hydrogens is 214 g/mol. The summed E-state index contributed by atoms with van der Waals surface area (Å²) in [6, 6.07) is 0.673. The molecule has 1 rings (SSSR count). The van der Waals surface area contributed by atoms with E-state index < -0.39 is 5.97 Å². The van der Waals surface area contributed by atoms with E-state index in [1.807, 2.05) is 0 Å². The van der Waals surface area contributed by atoms with Crippen molar-refractivity contribution in [1.82, 2.24) is 4.90 Å². The number of nitrogens with zero attached hydrogens (tertiary/aromatic N) is 1. The molecule has 0 aromatic carbocycles. The minimum Gasteiger partial charge on any atom is -0.478 e. The number of carboxylic acids is 1. The van der Waals surface area contributed by atoms with Gasteiger partial charge in [0.1, 0.15) is 0 Å². The van der Waals surface area contributed by atoms with Gasteiger partial charge in [-0.3, -0.25) is 4.90 Å². The van der Waals surface area contributed by atoms with Crippen molar-refractivity contribution in [3.05, 3.63) is 12.2 Å². The van der Waals surface area contributed by atoms with Crippen LogP contribution in [0.3, 0.4) is 0 Å². The van der Waals surface area contributed by atoms with Gasteiger partial charge in [0.15, 0.2) is 0 Å². The lowest BCUT2D eigenvalue weighted by Gasteiger charge is -2.28. The molecule has 3 heteroatoms. The first-order valence-electron chi connectivity index (χ1n) is 6.73. The zero-order valence-corrected chi connectivity index (χ0v) is 11.1. The third kappa shape index (κ3) is 5.87. The van der Waals surface area contributed by atoms with Crippen LogP contribution in [0.4, 0.5) is 0 Å². The van der Waals surface area contributed by atoms with Gasteiger partial charge in [-0.2, -0.15) is 0 Å². The van der Waals surface area contributed by atoms with Crippen LogP contribution in [0.5, 0.6) is 0 Å². The molecule has 1 N–H and O–H groups in total. The molecule has 0 amide bonds. The van der Waals surface area contributed by atoms with Crippen LogP contribution >= 0.6 is 0 Å². The quantitative estimate of drug-likeness (QED) is 0.694. The van der Waals surface area contributed by atoms with E-state index in [-0.39, 0.29) is 0 Å². The normalized spacial score (nSPS) is 17.6. The van der Waals surface area contributed by atoms with Gasteiger partial charge in [0.25, 0.3) is 0 Å². The Morgan fingerprint density at radius 3 is 2.59 bits per heavy atom. The van der Waals surface area contributed by atoms with Gasteiger partial charge < -0.3 is 5.11 Å². The standard InChI is InChI=1S/C14H25NO2/c1-12(2)9-11-15(10-5-8-14(16)17)13-6-3-4-7-13/h5,8,12-13H,3-4,6-7,9-11H2,1-2H3,(H,16,17). The molecule has 1 fully saturated rings. The molecule has 1 aliphatic rings. The fourth-order valence-corrected chi connectivity index (χ4v) is 2.41. The van der Waals surface area contributed by atoms with E-state index in [9.17, 15) is 4.79 Å². The minimum absolute atomic E-state index is 0.673. The number of carbonyl (C=O) groups is 1. The van der Waals surface area contributed by atoms with Crippen molar-refractivity contribution in [2.75, 3.05) is 13.1 Å². The minimum atomic E-state index is -0.847. The smallest absolute Gasteiger partial charge is 0.328 e. The Bertz CT molecular complexity index is 255. The molecule has 0 radical (unpaired) electrons. The van der Waals surface area contributed by atoms with Crippen molar-refractivity contribution in [3.8, 4) is 0 Å². The molecule has 0 saturated heterocycles.